The molecule has 4 nitrogen and oxygen atoms in total. The van der Waals surface area contributed by atoms with E-state index >= 15 is 0 Å². The van der Waals surface area contributed by atoms with Gasteiger partial charge in [-0.2, -0.15) is 0 Å². The number of nitrogens with two attached hydrogens (primary N) is 1. The summed E-state index contributed by atoms with van der Waals surface area (Å²) in [4.78, 5) is 12.8. The van der Waals surface area contributed by atoms with Crippen LogP contribution in [0, 0.1) is 11.3 Å². The molecule has 126 valence electrons. The van der Waals surface area contributed by atoms with Crippen molar-refractivity contribution in [1.29, 1.82) is 0 Å². The molecule has 0 bridgehead atoms. The summed E-state index contributed by atoms with van der Waals surface area (Å²) < 4.78 is 5.94. The Morgan fingerprint density at radius 3 is 2.55 bits per heavy atom. The second-order valence-electron chi connectivity index (χ2n) is 7.99. The van der Waals surface area contributed by atoms with E-state index in [1.54, 1.807) is 0 Å². The van der Waals surface area contributed by atoms with Gasteiger partial charge in [0.25, 0.3) is 0 Å². The first kappa shape index (κ1) is 16.3. The maximum Gasteiger partial charge on any atom is 0.225 e. The van der Waals surface area contributed by atoms with Gasteiger partial charge in [0.05, 0.1) is 12.0 Å². The Hall–Kier alpha value is -0.610. The van der Waals surface area contributed by atoms with Gasteiger partial charge in [-0.1, -0.05) is 25.7 Å². The standard InChI is InChI=1S/C18H32N2O2/c1-3-22-15-12-14(18(15)10-6-7-11-18)20-16(21)13-8-4-5-9-17(13,2)19/h13-15H,3-12,19H2,1-2H3,(H,20,21). The van der Waals surface area contributed by atoms with Crippen LogP contribution in [0.4, 0.5) is 0 Å². The van der Waals surface area contributed by atoms with Crippen molar-refractivity contribution in [3.63, 3.8) is 0 Å². The monoisotopic (exact) mass is 308 g/mol. The van der Waals surface area contributed by atoms with E-state index in [4.69, 9.17) is 10.5 Å². The average molecular weight is 308 g/mol. The second kappa shape index (κ2) is 6.12. The summed E-state index contributed by atoms with van der Waals surface area (Å²) in [6.07, 6.45) is 10.4. The van der Waals surface area contributed by atoms with Gasteiger partial charge >= 0.3 is 0 Å². The smallest absolute Gasteiger partial charge is 0.225 e. The van der Waals surface area contributed by atoms with Crippen LogP contribution in [0.15, 0.2) is 0 Å². The van der Waals surface area contributed by atoms with Gasteiger partial charge in [-0.15, -0.1) is 0 Å². The zero-order chi connectivity index (χ0) is 15.8. The van der Waals surface area contributed by atoms with E-state index in [0.29, 0.717) is 12.1 Å². The molecule has 4 unspecified atom stereocenters. The number of hydrogen-bond acceptors (Lipinski definition) is 3. The molecule has 0 aromatic carbocycles. The van der Waals surface area contributed by atoms with Crippen LogP contribution >= 0.6 is 0 Å². The minimum atomic E-state index is -0.339. The van der Waals surface area contributed by atoms with Crippen molar-refractivity contribution in [2.45, 2.75) is 89.3 Å². The lowest BCUT2D eigenvalue weighted by Gasteiger charge is -2.54. The van der Waals surface area contributed by atoms with Gasteiger partial charge in [-0.05, 0) is 46.0 Å². The Labute approximate surface area is 134 Å². The first-order valence-electron chi connectivity index (χ1n) is 9.20. The van der Waals surface area contributed by atoms with Crippen molar-refractivity contribution in [3.8, 4) is 0 Å². The predicted molar refractivity (Wildman–Crippen MR) is 87.4 cm³/mol. The highest BCUT2D eigenvalue weighted by Crippen LogP contribution is 2.54. The fraction of sp³-hybridized carbons (Fsp3) is 0.944. The van der Waals surface area contributed by atoms with Crippen LogP contribution in [0.1, 0.15) is 71.6 Å². The largest absolute Gasteiger partial charge is 0.378 e. The molecule has 0 aromatic rings. The maximum absolute atomic E-state index is 12.8. The summed E-state index contributed by atoms with van der Waals surface area (Å²) in [5.74, 6) is 0.168. The zero-order valence-corrected chi connectivity index (χ0v) is 14.2. The molecule has 1 amide bonds. The lowest BCUT2D eigenvalue weighted by Crippen LogP contribution is -2.65. The Bertz CT molecular complexity index is 415. The van der Waals surface area contributed by atoms with E-state index in [-0.39, 0.29) is 22.8 Å². The fourth-order valence-electron chi connectivity index (χ4n) is 5.15. The van der Waals surface area contributed by atoms with E-state index in [9.17, 15) is 4.79 Å². The molecule has 0 heterocycles. The average Bonchev–Trinajstić information content (AvgIpc) is 2.98. The number of ether oxygens (including phenoxy) is 1. The predicted octanol–water partition coefficient (Wildman–Crippen LogP) is 2.75. The van der Waals surface area contributed by atoms with E-state index in [2.05, 4.69) is 12.2 Å². The molecule has 0 radical (unpaired) electrons. The molecular formula is C18H32N2O2. The molecule has 3 rings (SSSR count). The lowest BCUT2D eigenvalue weighted by molar-refractivity contribution is -0.148. The quantitative estimate of drug-likeness (QED) is 0.839. The molecule has 3 aliphatic carbocycles. The first-order chi connectivity index (χ1) is 10.5. The molecule has 0 saturated heterocycles. The van der Waals surface area contributed by atoms with Gasteiger partial charge in [-0.3, -0.25) is 4.79 Å². The molecule has 4 heteroatoms. The normalized spacial score (nSPS) is 40.4. The van der Waals surface area contributed by atoms with Crippen molar-refractivity contribution in [1.82, 2.24) is 5.32 Å². The molecule has 3 saturated carbocycles. The minimum absolute atomic E-state index is 0.0224. The molecule has 3 aliphatic rings. The van der Waals surface area contributed by atoms with Crippen LogP contribution in [0.3, 0.4) is 0 Å². The van der Waals surface area contributed by atoms with Crippen LogP contribution in [0.2, 0.25) is 0 Å². The number of rotatable bonds is 4. The maximum atomic E-state index is 12.8. The Morgan fingerprint density at radius 1 is 1.23 bits per heavy atom. The number of amides is 1. The molecule has 0 aromatic heterocycles. The Morgan fingerprint density at radius 2 is 1.91 bits per heavy atom. The Balaban J connectivity index is 1.64. The molecule has 3 N–H and O–H groups in total. The van der Waals surface area contributed by atoms with Crippen LogP contribution in [0.25, 0.3) is 0 Å². The molecule has 4 atom stereocenters. The van der Waals surface area contributed by atoms with Crippen LogP contribution < -0.4 is 11.1 Å². The summed E-state index contributed by atoms with van der Waals surface area (Å²) in [6.45, 7) is 4.89. The number of nitrogens with one attached hydrogen (secondary N) is 1. The van der Waals surface area contributed by atoms with Gasteiger partial charge in [-0.25, -0.2) is 0 Å². The van der Waals surface area contributed by atoms with Gasteiger partial charge in [0, 0.05) is 23.6 Å². The zero-order valence-electron chi connectivity index (χ0n) is 14.2. The van der Waals surface area contributed by atoms with Crippen LogP contribution in [-0.4, -0.2) is 30.2 Å². The molecular weight excluding hydrogens is 276 g/mol. The third-order valence-corrected chi connectivity index (χ3v) is 6.57. The number of hydrogen-bond donors (Lipinski definition) is 2. The highest BCUT2D eigenvalue weighted by molar-refractivity contribution is 5.80. The third-order valence-electron chi connectivity index (χ3n) is 6.57. The van der Waals surface area contributed by atoms with Gasteiger partial charge in [0.2, 0.25) is 5.91 Å². The van der Waals surface area contributed by atoms with Gasteiger partial charge in [0.15, 0.2) is 0 Å². The topological polar surface area (TPSA) is 64.3 Å². The minimum Gasteiger partial charge on any atom is -0.378 e. The summed E-state index contributed by atoms with van der Waals surface area (Å²) in [6, 6.07) is 0.303. The number of carbonyl (C=O) groups excluding carboxylic acids is 1. The SMILES string of the molecule is CCOC1CC(NC(=O)C2CCCCC2(C)N)C12CCCC2. The van der Waals surface area contributed by atoms with E-state index < -0.39 is 0 Å². The van der Waals surface area contributed by atoms with Gasteiger partial charge in [0.1, 0.15) is 0 Å². The molecule has 0 aliphatic heterocycles. The first-order valence-corrected chi connectivity index (χ1v) is 9.20. The molecule has 22 heavy (non-hydrogen) atoms. The van der Waals surface area contributed by atoms with Crippen molar-refractivity contribution in [3.05, 3.63) is 0 Å². The summed E-state index contributed by atoms with van der Waals surface area (Å²) in [5, 5.41) is 3.36. The summed E-state index contributed by atoms with van der Waals surface area (Å²) >= 11 is 0. The van der Waals surface area contributed by atoms with E-state index in [1.165, 1.54) is 25.7 Å². The number of carbonyl (C=O) groups is 1. The summed E-state index contributed by atoms with van der Waals surface area (Å²) in [7, 11) is 0. The summed E-state index contributed by atoms with van der Waals surface area (Å²) in [5.41, 5.74) is 6.27. The third kappa shape index (κ3) is 2.69. The van der Waals surface area contributed by atoms with Crippen molar-refractivity contribution < 1.29 is 9.53 Å². The second-order valence-corrected chi connectivity index (χ2v) is 7.99. The molecule has 3 fully saturated rings. The lowest BCUT2D eigenvalue weighted by atomic mass is 9.60. The molecule has 1 spiro atoms. The van der Waals surface area contributed by atoms with Crippen LogP contribution in [-0.2, 0) is 9.53 Å². The van der Waals surface area contributed by atoms with Crippen molar-refractivity contribution >= 4 is 5.91 Å². The van der Waals surface area contributed by atoms with E-state index in [0.717, 1.165) is 38.7 Å². The van der Waals surface area contributed by atoms with Crippen molar-refractivity contribution in [2.75, 3.05) is 6.61 Å². The highest BCUT2D eigenvalue weighted by atomic mass is 16.5. The highest BCUT2D eigenvalue weighted by Gasteiger charge is 2.57. The van der Waals surface area contributed by atoms with Gasteiger partial charge < -0.3 is 15.8 Å². The van der Waals surface area contributed by atoms with Crippen molar-refractivity contribution in [2.24, 2.45) is 17.1 Å². The fourth-order valence-corrected chi connectivity index (χ4v) is 5.15. The van der Waals surface area contributed by atoms with Crippen LogP contribution in [0.5, 0.6) is 0 Å². The van der Waals surface area contributed by atoms with E-state index in [1.807, 2.05) is 6.92 Å². The Kier molecular flexibility index (Phi) is 4.52.